The molecule has 1 aromatic rings. The second-order valence-corrected chi connectivity index (χ2v) is 1.75. The Labute approximate surface area is 73.8 Å². The molecule has 0 unspecified atom stereocenters. The van der Waals surface area contributed by atoms with Crippen LogP contribution >= 0.6 is 0 Å². The highest BCUT2D eigenvalue weighted by molar-refractivity contribution is 5.20. The minimum absolute atomic E-state index is 0. The molecule has 0 amide bonds. The van der Waals surface area contributed by atoms with Gasteiger partial charge in [-0.3, -0.25) is 0 Å². The van der Waals surface area contributed by atoms with Gasteiger partial charge in [0.25, 0.3) is 0 Å². The molecule has 0 radical (unpaired) electrons. The van der Waals surface area contributed by atoms with E-state index in [4.69, 9.17) is 4.74 Å². The summed E-state index contributed by atoms with van der Waals surface area (Å²) in [6, 6.07) is 9.80. The Hall–Kier alpha value is -1.28. The van der Waals surface area contributed by atoms with Gasteiger partial charge in [0.1, 0.15) is 5.75 Å². The molecule has 0 heterocycles. The molecule has 0 bridgehead atoms. The Morgan fingerprint density at radius 2 is 1.67 bits per heavy atom. The van der Waals surface area contributed by atoms with Crippen molar-refractivity contribution in [3.63, 3.8) is 0 Å². The van der Waals surface area contributed by atoms with Crippen molar-refractivity contribution in [2.45, 2.75) is 6.92 Å². The highest BCUT2D eigenvalue weighted by Crippen LogP contribution is 2.06. The van der Waals surface area contributed by atoms with Crippen LogP contribution in [0.15, 0.2) is 43.5 Å². The van der Waals surface area contributed by atoms with E-state index in [1.54, 1.807) is 0 Å². The Morgan fingerprint density at radius 1 is 1.17 bits per heavy atom. The molecular weight excluding hydrogens is 152 g/mol. The van der Waals surface area contributed by atoms with Crippen LogP contribution in [-0.2, 0) is 0 Å². The quantitative estimate of drug-likeness (QED) is 0.623. The molecule has 0 saturated heterocycles. The summed E-state index contributed by atoms with van der Waals surface area (Å²) in [7, 11) is 0. The second kappa shape index (κ2) is 9.72. The lowest BCUT2D eigenvalue weighted by atomic mass is 10.3. The van der Waals surface area contributed by atoms with Crippen molar-refractivity contribution in [1.82, 2.24) is 0 Å². The monoisotopic (exact) mass is 168 g/mol. The summed E-state index contributed by atoms with van der Waals surface area (Å²) in [6.07, 6.45) is 0. The first-order valence-corrected chi connectivity index (χ1v) is 3.61. The van der Waals surface area contributed by atoms with Crippen LogP contribution in [0.1, 0.15) is 6.92 Å². The lowest BCUT2D eigenvalue weighted by molar-refractivity contribution is 0.340. The van der Waals surface area contributed by atoms with Gasteiger partial charge in [0.15, 0.2) is 0 Å². The summed E-state index contributed by atoms with van der Waals surface area (Å²) in [4.78, 5) is 0. The number of hydrogen-bond donors (Lipinski definition) is 0. The van der Waals surface area contributed by atoms with Crippen LogP contribution in [0.3, 0.4) is 0 Å². The maximum absolute atomic E-state index is 5.21. The van der Waals surface area contributed by atoms with Crippen molar-refractivity contribution in [1.29, 1.82) is 0 Å². The standard InChI is InChI=1S/C8H10O.C2H4.H2O/c1-2-9-8-6-4-3-5-7-8;1-2;/h3-7H,2H2,1H3;1-2H2;1H2. The van der Waals surface area contributed by atoms with E-state index >= 15 is 0 Å². The summed E-state index contributed by atoms with van der Waals surface area (Å²) in [5, 5.41) is 0. The van der Waals surface area contributed by atoms with Crippen molar-refractivity contribution in [2.75, 3.05) is 6.61 Å². The number of ether oxygens (including phenoxy) is 1. The number of hydrogen-bond acceptors (Lipinski definition) is 1. The average molecular weight is 168 g/mol. The van der Waals surface area contributed by atoms with Crippen molar-refractivity contribution in [3.05, 3.63) is 43.5 Å². The van der Waals surface area contributed by atoms with Crippen LogP contribution in [0, 0.1) is 0 Å². The Morgan fingerprint density at radius 3 is 2.08 bits per heavy atom. The van der Waals surface area contributed by atoms with Gasteiger partial charge in [0, 0.05) is 0 Å². The maximum Gasteiger partial charge on any atom is 0.119 e. The van der Waals surface area contributed by atoms with Crippen LogP contribution in [0.25, 0.3) is 0 Å². The first kappa shape index (κ1) is 13.3. The summed E-state index contributed by atoms with van der Waals surface area (Å²) in [5.41, 5.74) is 0. The lowest BCUT2D eigenvalue weighted by Gasteiger charge is -1.99. The van der Waals surface area contributed by atoms with E-state index < -0.39 is 0 Å². The third-order valence-corrected chi connectivity index (χ3v) is 1.05. The lowest BCUT2D eigenvalue weighted by Crippen LogP contribution is -1.89. The van der Waals surface area contributed by atoms with Crippen LogP contribution in [0.2, 0.25) is 0 Å². The third-order valence-electron chi connectivity index (χ3n) is 1.05. The molecule has 1 aromatic carbocycles. The molecule has 0 saturated carbocycles. The largest absolute Gasteiger partial charge is 0.494 e. The molecule has 0 atom stereocenters. The molecular formula is C10H16O2. The highest BCUT2D eigenvalue weighted by atomic mass is 16.5. The van der Waals surface area contributed by atoms with E-state index in [1.807, 2.05) is 37.3 Å². The molecule has 0 aliphatic rings. The van der Waals surface area contributed by atoms with Gasteiger partial charge in [0.2, 0.25) is 0 Å². The van der Waals surface area contributed by atoms with Gasteiger partial charge < -0.3 is 10.2 Å². The molecule has 2 nitrogen and oxygen atoms in total. The summed E-state index contributed by atoms with van der Waals surface area (Å²) in [5.74, 6) is 0.944. The molecule has 1 rings (SSSR count). The first-order chi connectivity index (χ1) is 5.43. The molecule has 2 N–H and O–H groups in total. The van der Waals surface area contributed by atoms with Crippen molar-refractivity contribution < 1.29 is 10.2 Å². The minimum atomic E-state index is 0. The summed E-state index contributed by atoms with van der Waals surface area (Å²) in [6.45, 7) is 8.72. The Kier molecular flexibility index (Phi) is 10.8. The summed E-state index contributed by atoms with van der Waals surface area (Å²) < 4.78 is 5.21. The molecule has 68 valence electrons. The summed E-state index contributed by atoms with van der Waals surface area (Å²) >= 11 is 0. The van der Waals surface area contributed by atoms with Gasteiger partial charge in [-0.15, -0.1) is 13.2 Å². The Balaban J connectivity index is 0. The van der Waals surface area contributed by atoms with E-state index in [0.717, 1.165) is 12.4 Å². The first-order valence-electron chi connectivity index (χ1n) is 3.61. The molecule has 0 aliphatic carbocycles. The number of benzene rings is 1. The second-order valence-electron chi connectivity index (χ2n) is 1.75. The number of rotatable bonds is 2. The van der Waals surface area contributed by atoms with Crippen LogP contribution in [0.4, 0.5) is 0 Å². The zero-order valence-corrected chi connectivity index (χ0v) is 7.42. The van der Waals surface area contributed by atoms with Crippen LogP contribution < -0.4 is 4.74 Å². The van der Waals surface area contributed by atoms with Crippen molar-refractivity contribution in [2.24, 2.45) is 0 Å². The van der Waals surface area contributed by atoms with E-state index in [0.29, 0.717) is 0 Å². The maximum atomic E-state index is 5.21. The normalized spacial score (nSPS) is 7.08. The molecule has 0 fully saturated rings. The Bertz CT molecular complexity index is 172. The minimum Gasteiger partial charge on any atom is -0.494 e. The molecule has 2 heteroatoms. The van der Waals surface area contributed by atoms with E-state index in [9.17, 15) is 0 Å². The molecule has 0 spiro atoms. The van der Waals surface area contributed by atoms with Gasteiger partial charge in [-0.1, -0.05) is 18.2 Å². The third kappa shape index (κ3) is 5.50. The van der Waals surface area contributed by atoms with E-state index in [-0.39, 0.29) is 5.48 Å². The van der Waals surface area contributed by atoms with Gasteiger partial charge in [-0.25, -0.2) is 0 Å². The zero-order valence-electron chi connectivity index (χ0n) is 7.42. The van der Waals surface area contributed by atoms with E-state index in [1.165, 1.54) is 0 Å². The van der Waals surface area contributed by atoms with Crippen LogP contribution in [-0.4, -0.2) is 12.1 Å². The van der Waals surface area contributed by atoms with Crippen molar-refractivity contribution in [3.8, 4) is 5.75 Å². The van der Waals surface area contributed by atoms with Crippen LogP contribution in [0.5, 0.6) is 5.75 Å². The number of para-hydroxylation sites is 1. The predicted octanol–water partition coefficient (Wildman–Crippen LogP) is 2.06. The van der Waals surface area contributed by atoms with Gasteiger partial charge in [-0.05, 0) is 19.1 Å². The SMILES string of the molecule is C=C.CCOc1ccccc1.O. The smallest absolute Gasteiger partial charge is 0.119 e. The molecule has 0 aliphatic heterocycles. The highest BCUT2D eigenvalue weighted by Gasteiger charge is 1.83. The zero-order chi connectivity index (χ0) is 8.53. The van der Waals surface area contributed by atoms with E-state index in [2.05, 4.69) is 13.2 Å². The van der Waals surface area contributed by atoms with Gasteiger partial charge in [0.05, 0.1) is 6.61 Å². The van der Waals surface area contributed by atoms with Gasteiger partial charge in [-0.2, -0.15) is 0 Å². The topological polar surface area (TPSA) is 40.7 Å². The average Bonchev–Trinajstić information content (AvgIpc) is 2.11. The van der Waals surface area contributed by atoms with Crippen molar-refractivity contribution >= 4 is 0 Å². The fourth-order valence-electron chi connectivity index (χ4n) is 0.683. The molecule has 12 heavy (non-hydrogen) atoms. The fourth-order valence-corrected chi connectivity index (χ4v) is 0.683. The fraction of sp³-hybridized carbons (Fsp3) is 0.200. The predicted molar refractivity (Wildman–Crippen MR) is 52.5 cm³/mol. The van der Waals surface area contributed by atoms with Gasteiger partial charge >= 0.3 is 0 Å². The molecule has 0 aromatic heterocycles.